The number of anilines is 2. The van der Waals surface area contributed by atoms with E-state index in [1.165, 1.54) is 0 Å². The van der Waals surface area contributed by atoms with Crippen molar-refractivity contribution in [3.05, 3.63) is 18.2 Å². The number of hydrogen-bond donors (Lipinski definition) is 2. The normalized spacial score (nSPS) is 18.9. The molecule has 3 rings (SSSR count). The van der Waals surface area contributed by atoms with E-state index in [1.54, 1.807) is 0 Å². The Labute approximate surface area is 105 Å². The third kappa shape index (κ3) is 2.13. The zero-order valence-corrected chi connectivity index (χ0v) is 10.4. The molecule has 1 aliphatic rings. The van der Waals surface area contributed by atoms with Crippen molar-refractivity contribution in [2.75, 3.05) is 24.3 Å². The van der Waals surface area contributed by atoms with Crippen LogP contribution in [-0.2, 0) is 4.74 Å². The van der Waals surface area contributed by atoms with Crippen LogP contribution in [0.1, 0.15) is 19.8 Å². The zero-order valence-electron chi connectivity index (χ0n) is 10.4. The van der Waals surface area contributed by atoms with Crippen molar-refractivity contribution in [2.24, 2.45) is 0 Å². The van der Waals surface area contributed by atoms with Crippen LogP contribution in [0.3, 0.4) is 0 Å². The Balaban J connectivity index is 1.86. The van der Waals surface area contributed by atoms with Crippen LogP contribution in [0.5, 0.6) is 0 Å². The van der Waals surface area contributed by atoms with Crippen molar-refractivity contribution >= 4 is 22.8 Å². The van der Waals surface area contributed by atoms with E-state index in [1.807, 2.05) is 18.2 Å². The number of hydrogen-bond acceptors (Lipinski definition) is 5. The third-order valence-corrected chi connectivity index (χ3v) is 3.42. The van der Waals surface area contributed by atoms with Gasteiger partial charge < -0.3 is 20.2 Å². The molecule has 0 saturated carbocycles. The van der Waals surface area contributed by atoms with Crippen molar-refractivity contribution in [3.8, 4) is 0 Å². The van der Waals surface area contributed by atoms with Gasteiger partial charge in [-0.05, 0) is 38.0 Å². The minimum absolute atomic E-state index is 0.00926. The van der Waals surface area contributed by atoms with Crippen LogP contribution in [-0.4, -0.2) is 23.7 Å². The van der Waals surface area contributed by atoms with Crippen molar-refractivity contribution < 1.29 is 9.15 Å². The van der Waals surface area contributed by atoms with Crippen LogP contribution < -0.4 is 11.1 Å². The number of nitrogen functional groups attached to an aromatic ring is 1. The summed E-state index contributed by atoms with van der Waals surface area (Å²) in [7, 11) is 0. The van der Waals surface area contributed by atoms with Gasteiger partial charge in [0.2, 0.25) is 0 Å². The van der Waals surface area contributed by atoms with Gasteiger partial charge in [-0.25, -0.2) is 0 Å². The van der Waals surface area contributed by atoms with E-state index in [0.717, 1.165) is 37.2 Å². The maximum Gasteiger partial charge on any atom is 0.296 e. The summed E-state index contributed by atoms with van der Waals surface area (Å²) < 4.78 is 11.0. The summed E-state index contributed by atoms with van der Waals surface area (Å²) in [5, 5.41) is 3.37. The Hall–Kier alpha value is -1.75. The summed E-state index contributed by atoms with van der Waals surface area (Å²) in [5.74, 6) is 0. The minimum Gasteiger partial charge on any atom is -0.424 e. The molecule has 5 heteroatoms. The molecule has 0 atom stereocenters. The Bertz CT molecular complexity index is 558. The maximum atomic E-state index is 5.72. The molecule has 18 heavy (non-hydrogen) atoms. The number of fused-ring (bicyclic) bond motifs is 1. The number of ether oxygens (including phenoxy) is 1. The van der Waals surface area contributed by atoms with Crippen molar-refractivity contribution in [3.63, 3.8) is 0 Å². The van der Waals surface area contributed by atoms with Crippen LogP contribution >= 0.6 is 0 Å². The third-order valence-electron chi connectivity index (χ3n) is 3.42. The number of nitrogens with zero attached hydrogens (tertiary/aromatic N) is 1. The highest BCUT2D eigenvalue weighted by atomic mass is 16.5. The smallest absolute Gasteiger partial charge is 0.296 e. The van der Waals surface area contributed by atoms with Gasteiger partial charge in [-0.1, -0.05) is 0 Å². The molecule has 1 aliphatic heterocycles. The molecule has 0 unspecified atom stereocenters. The monoisotopic (exact) mass is 247 g/mol. The summed E-state index contributed by atoms with van der Waals surface area (Å²) >= 11 is 0. The summed E-state index contributed by atoms with van der Waals surface area (Å²) in [6.45, 7) is 3.71. The summed E-state index contributed by atoms with van der Waals surface area (Å²) in [6.07, 6.45) is 1.90. The van der Waals surface area contributed by atoms with Gasteiger partial charge in [0.25, 0.3) is 6.01 Å². The lowest BCUT2D eigenvalue weighted by molar-refractivity contribution is 0.0651. The lowest BCUT2D eigenvalue weighted by atomic mass is 9.93. The van der Waals surface area contributed by atoms with Gasteiger partial charge in [0, 0.05) is 24.4 Å². The van der Waals surface area contributed by atoms with Crippen molar-refractivity contribution in [2.45, 2.75) is 25.3 Å². The zero-order chi connectivity index (χ0) is 12.6. The molecule has 0 amide bonds. The summed E-state index contributed by atoms with van der Waals surface area (Å²) in [6, 6.07) is 6.03. The average Bonchev–Trinajstić information content (AvgIpc) is 2.70. The molecule has 0 radical (unpaired) electrons. The fourth-order valence-corrected chi connectivity index (χ4v) is 2.20. The number of benzene rings is 1. The number of rotatable bonds is 2. The SMILES string of the molecule is CC1(Nc2nc3cc(N)ccc3o2)CCOCC1. The number of nitrogens with one attached hydrogen (secondary N) is 1. The fraction of sp³-hybridized carbons (Fsp3) is 0.462. The molecule has 1 fully saturated rings. The van der Waals surface area contributed by atoms with Gasteiger partial charge in [-0.2, -0.15) is 4.98 Å². The molecule has 1 aromatic heterocycles. The fourth-order valence-electron chi connectivity index (χ4n) is 2.20. The molecule has 1 saturated heterocycles. The van der Waals surface area contributed by atoms with Crippen LogP contribution in [0.2, 0.25) is 0 Å². The van der Waals surface area contributed by atoms with E-state index in [2.05, 4.69) is 17.2 Å². The highest BCUT2D eigenvalue weighted by Crippen LogP contribution is 2.27. The summed E-state index contributed by atoms with van der Waals surface area (Å²) in [5.41, 5.74) is 7.95. The number of oxazole rings is 1. The van der Waals surface area contributed by atoms with Gasteiger partial charge in [0.1, 0.15) is 5.52 Å². The van der Waals surface area contributed by atoms with Gasteiger partial charge in [-0.3, -0.25) is 0 Å². The van der Waals surface area contributed by atoms with E-state index < -0.39 is 0 Å². The summed E-state index contributed by atoms with van der Waals surface area (Å²) in [4.78, 5) is 4.41. The molecule has 0 spiro atoms. The molecule has 5 nitrogen and oxygen atoms in total. The topological polar surface area (TPSA) is 73.3 Å². The molecule has 96 valence electrons. The molecule has 0 bridgehead atoms. The molecule has 2 heterocycles. The van der Waals surface area contributed by atoms with Crippen LogP contribution in [0.15, 0.2) is 22.6 Å². The van der Waals surface area contributed by atoms with Gasteiger partial charge in [-0.15, -0.1) is 0 Å². The van der Waals surface area contributed by atoms with Gasteiger partial charge in [0.15, 0.2) is 5.58 Å². The standard InChI is InChI=1S/C13H17N3O2/c1-13(4-6-17-7-5-13)16-12-15-10-8-9(14)2-3-11(10)18-12/h2-3,8H,4-7,14H2,1H3,(H,15,16). The number of nitrogens with two attached hydrogens (primary N) is 1. The highest BCUT2D eigenvalue weighted by molar-refractivity contribution is 5.78. The predicted octanol–water partition coefficient (Wildman–Crippen LogP) is 2.39. The Kier molecular flexibility index (Phi) is 2.63. The average molecular weight is 247 g/mol. The van der Waals surface area contributed by atoms with E-state index in [9.17, 15) is 0 Å². The largest absolute Gasteiger partial charge is 0.424 e. The van der Waals surface area contributed by atoms with Crippen molar-refractivity contribution in [1.82, 2.24) is 4.98 Å². The van der Waals surface area contributed by atoms with Crippen molar-refractivity contribution in [1.29, 1.82) is 0 Å². The van der Waals surface area contributed by atoms with Gasteiger partial charge >= 0.3 is 0 Å². The number of aromatic nitrogens is 1. The van der Waals surface area contributed by atoms with Gasteiger partial charge in [0.05, 0.1) is 0 Å². The van der Waals surface area contributed by atoms with E-state index >= 15 is 0 Å². The maximum absolute atomic E-state index is 5.72. The molecular formula is C13H17N3O2. The molecular weight excluding hydrogens is 230 g/mol. The van der Waals surface area contributed by atoms with Crippen LogP contribution in [0, 0.1) is 0 Å². The molecule has 0 aliphatic carbocycles. The minimum atomic E-state index is -0.00926. The Morgan fingerprint density at radius 3 is 2.89 bits per heavy atom. The van der Waals surface area contributed by atoms with Crippen LogP contribution in [0.4, 0.5) is 11.7 Å². The Morgan fingerprint density at radius 2 is 2.11 bits per heavy atom. The van der Waals surface area contributed by atoms with Crippen LogP contribution in [0.25, 0.3) is 11.1 Å². The first kappa shape index (κ1) is 11.3. The lowest BCUT2D eigenvalue weighted by Crippen LogP contribution is -2.40. The van der Waals surface area contributed by atoms with E-state index in [0.29, 0.717) is 11.7 Å². The molecule has 3 N–H and O–H groups in total. The quantitative estimate of drug-likeness (QED) is 0.797. The first-order chi connectivity index (χ1) is 8.65. The predicted molar refractivity (Wildman–Crippen MR) is 70.5 cm³/mol. The second kappa shape index (κ2) is 4.17. The van der Waals surface area contributed by atoms with E-state index in [4.69, 9.17) is 14.9 Å². The van der Waals surface area contributed by atoms with E-state index in [-0.39, 0.29) is 5.54 Å². The Morgan fingerprint density at radius 1 is 1.33 bits per heavy atom. The lowest BCUT2D eigenvalue weighted by Gasteiger charge is -2.33. The molecule has 1 aromatic carbocycles. The second-order valence-electron chi connectivity index (χ2n) is 5.04. The first-order valence-corrected chi connectivity index (χ1v) is 6.17. The first-order valence-electron chi connectivity index (χ1n) is 6.17. The molecule has 2 aromatic rings. The highest BCUT2D eigenvalue weighted by Gasteiger charge is 2.28. The second-order valence-corrected chi connectivity index (χ2v) is 5.04.